The molecule has 9 heteroatoms. The standard InChI is InChI=1S/C24H19Cl2N3O4/c1-3-31-24(30)20-13(2)33-23(29)17(11-28)21(20)16-8-18(25)22(19(26)9-16)32-12-15-7-5-4-6-14(15)10-27/h4-9,21H,3,12,29H2,1-2H3. The molecule has 0 bridgehead atoms. The van der Waals surface area contributed by atoms with Gasteiger partial charge in [-0.25, -0.2) is 4.79 Å². The van der Waals surface area contributed by atoms with Crippen molar-refractivity contribution in [2.75, 3.05) is 6.61 Å². The molecular weight excluding hydrogens is 465 g/mol. The summed E-state index contributed by atoms with van der Waals surface area (Å²) in [5, 5.41) is 19.3. The molecule has 0 amide bonds. The molecule has 7 nitrogen and oxygen atoms in total. The monoisotopic (exact) mass is 483 g/mol. The smallest absolute Gasteiger partial charge is 0.338 e. The van der Waals surface area contributed by atoms with Gasteiger partial charge in [-0.15, -0.1) is 0 Å². The van der Waals surface area contributed by atoms with Gasteiger partial charge in [-0.3, -0.25) is 0 Å². The first-order valence-electron chi connectivity index (χ1n) is 9.87. The van der Waals surface area contributed by atoms with Crippen LogP contribution in [-0.2, 0) is 20.9 Å². The number of carbonyl (C=O) groups excluding carboxylic acids is 1. The van der Waals surface area contributed by atoms with E-state index in [1.54, 1.807) is 50.2 Å². The number of ether oxygens (including phenoxy) is 3. The number of carbonyl (C=O) groups is 1. The van der Waals surface area contributed by atoms with Gasteiger partial charge in [-0.2, -0.15) is 10.5 Å². The normalized spacial score (nSPS) is 15.4. The van der Waals surface area contributed by atoms with E-state index in [0.29, 0.717) is 16.7 Å². The highest BCUT2D eigenvalue weighted by Crippen LogP contribution is 2.44. The van der Waals surface area contributed by atoms with Crippen molar-refractivity contribution < 1.29 is 19.0 Å². The summed E-state index contributed by atoms with van der Waals surface area (Å²) in [6.45, 7) is 3.45. The van der Waals surface area contributed by atoms with Gasteiger partial charge in [0.15, 0.2) is 5.75 Å². The maximum absolute atomic E-state index is 12.7. The highest BCUT2D eigenvalue weighted by atomic mass is 35.5. The van der Waals surface area contributed by atoms with Gasteiger partial charge in [0.05, 0.1) is 39.8 Å². The largest absolute Gasteiger partial charge is 0.486 e. The number of benzene rings is 2. The average molecular weight is 484 g/mol. The number of halogens is 2. The van der Waals surface area contributed by atoms with Crippen LogP contribution < -0.4 is 10.5 Å². The van der Waals surface area contributed by atoms with Crippen molar-refractivity contribution in [1.82, 2.24) is 0 Å². The average Bonchev–Trinajstić information content (AvgIpc) is 2.78. The van der Waals surface area contributed by atoms with Crippen LogP contribution in [0.25, 0.3) is 0 Å². The summed E-state index contributed by atoms with van der Waals surface area (Å²) in [4.78, 5) is 12.7. The van der Waals surface area contributed by atoms with Crippen molar-refractivity contribution in [2.45, 2.75) is 26.4 Å². The molecule has 0 fully saturated rings. The minimum absolute atomic E-state index is 0.0346. The van der Waals surface area contributed by atoms with Gasteiger partial charge in [-0.1, -0.05) is 41.4 Å². The maximum Gasteiger partial charge on any atom is 0.338 e. The molecule has 0 aromatic heterocycles. The zero-order valence-corrected chi connectivity index (χ0v) is 19.3. The van der Waals surface area contributed by atoms with Crippen LogP contribution in [0.3, 0.4) is 0 Å². The predicted octanol–water partition coefficient (Wildman–Crippen LogP) is 5.09. The van der Waals surface area contributed by atoms with Crippen LogP contribution in [0.1, 0.15) is 36.5 Å². The van der Waals surface area contributed by atoms with E-state index >= 15 is 0 Å². The van der Waals surface area contributed by atoms with Gasteiger partial charge < -0.3 is 19.9 Å². The Morgan fingerprint density at radius 1 is 1.18 bits per heavy atom. The second-order valence-corrected chi connectivity index (χ2v) is 7.80. The molecular formula is C24H19Cl2N3O4. The molecule has 3 rings (SSSR count). The molecule has 2 aromatic carbocycles. The van der Waals surface area contributed by atoms with Crippen LogP contribution in [0.5, 0.6) is 5.75 Å². The number of rotatable bonds is 6. The van der Waals surface area contributed by atoms with Crippen molar-refractivity contribution in [3.63, 3.8) is 0 Å². The van der Waals surface area contributed by atoms with Crippen molar-refractivity contribution in [3.8, 4) is 17.9 Å². The SMILES string of the molecule is CCOC(=O)C1=C(C)OC(N)=C(C#N)C1c1cc(Cl)c(OCc2ccccc2C#N)c(Cl)c1. The van der Waals surface area contributed by atoms with Crippen LogP contribution in [0, 0.1) is 22.7 Å². The van der Waals surface area contributed by atoms with E-state index in [9.17, 15) is 15.3 Å². The Morgan fingerprint density at radius 3 is 2.45 bits per heavy atom. The first kappa shape index (κ1) is 24.0. The Bertz CT molecular complexity index is 1230. The summed E-state index contributed by atoms with van der Waals surface area (Å²) in [7, 11) is 0. The molecule has 1 aliphatic heterocycles. The van der Waals surface area contributed by atoms with E-state index in [1.165, 1.54) is 0 Å². The Morgan fingerprint density at radius 2 is 1.85 bits per heavy atom. The molecule has 0 radical (unpaired) electrons. The molecule has 2 aromatic rings. The van der Waals surface area contributed by atoms with Gasteiger partial charge in [0.2, 0.25) is 5.88 Å². The molecule has 2 N–H and O–H groups in total. The molecule has 0 saturated carbocycles. The quantitative estimate of drug-likeness (QED) is 0.568. The number of esters is 1. The van der Waals surface area contributed by atoms with Gasteiger partial charge in [0, 0.05) is 5.56 Å². The summed E-state index contributed by atoms with van der Waals surface area (Å²) in [5.41, 5.74) is 7.68. The molecule has 0 spiro atoms. The molecule has 1 heterocycles. The molecule has 0 saturated heterocycles. The number of allylic oxidation sites excluding steroid dienone is 2. The van der Waals surface area contributed by atoms with E-state index in [4.69, 9.17) is 43.1 Å². The molecule has 0 aliphatic carbocycles. The van der Waals surface area contributed by atoms with Crippen molar-refractivity contribution >= 4 is 29.2 Å². The molecule has 33 heavy (non-hydrogen) atoms. The molecule has 1 unspecified atom stereocenters. The minimum atomic E-state index is -0.883. The number of hydrogen-bond donors (Lipinski definition) is 1. The van der Waals surface area contributed by atoms with E-state index in [2.05, 4.69) is 6.07 Å². The third kappa shape index (κ3) is 4.90. The van der Waals surface area contributed by atoms with Crippen LogP contribution in [0.15, 0.2) is 59.2 Å². The highest BCUT2D eigenvalue weighted by molar-refractivity contribution is 6.37. The Hall–Kier alpha value is -3.65. The van der Waals surface area contributed by atoms with Gasteiger partial charge in [0.1, 0.15) is 24.0 Å². The number of hydrogen-bond acceptors (Lipinski definition) is 7. The number of nitrogens with two attached hydrogens (primary N) is 1. The lowest BCUT2D eigenvalue weighted by atomic mass is 9.83. The van der Waals surface area contributed by atoms with E-state index in [-0.39, 0.29) is 51.8 Å². The third-order valence-corrected chi connectivity index (χ3v) is 5.53. The lowest BCUT2D eigenvalue weighted by Gasteiger charge is -2.27. The maximum atomic E-state index is 12.7. The highest BCUT2D eigenvalue weighted by Gasteiger charge is 2.37. The zero-order chi connectivity index (χ0) is 24.1. The number of nitrogens with zero attached hydrogens (tertiary/aromatic N) is 2. The minimum Gasteiger partial charge on any atom is -0.486 e. The van der Waals surface area contributed by atoms with Gasteiger partial charge in [0.25, 0.3) is 0 Å². The number of nitriles is 2. The third-order valence-electron chi connectivity index (χ3n) is 4.96. The fraction of sp³-hybridized carbons (Fsp3) is 0.208. The van der Waals surface area contributed by atoms with E-state index < -0.39 is 11.9 Å². The Labute approximate surface area is 201 Å². The summed E-state index contributed by atoms with van der Waals surface area (Å²) < 4.78 is 16.4. The van der Waals surface area contributed by atoms with Crippen LogP contribution in [0.4, 0.5) is 0 Å². The topological polar surface area (TPSA) is 118 Å². The fourth-order valence-electron chi connectivity index (χ4n) is 3.48. The molecule has 1 atom stereocenters. The lowest BCUT2D eigenvalue weighted by Crippen LogP contribution is -2.25. The van der Waals surface area contributed by atoms with Crippen molar-refractivity contribution in [2.24, 2.45) is 5.73 Å². The Kier molecular flexibility index (Phi) is 7.50. The molecule has 168 valence electrons. The van der Waals surface area contributed by atoms with Crippen molar-refractivity contribution in [3.05, 3.63) is 85.9 Å². The summed E-state index contributed by atoms with van der Waals surface area (Å²) in [6, 6.07) is 14.2. The second kappa shape index (κ2) is 10.3. The first-order chi connectivity index (χ1) is 15.8. The van der Waals surface area contributed by atoms with Crippen LogP contribution >= 0.6 is 23.2 Å². The summed E-state index contributed by atoms with van der Waals surface area (Å²) >= 11 is 13.0. The van der Waals surface area contributed by atoms with Gasteiger partial charge in [-0.05, 0) is 37.6 Å². The van der Waals surface area contributed by atoms with Crippen LogP contribution in [-0.4, -0.2) is 12.6 Å². The fourth-order valence-corrected chi connectivity index (χ4v) is 4.09. The second-order valence-electron chi connectivity index (χ2n) is 6.99. The lowest BCUT2D eigenvalue weighted by molar-refractivity contribution is -0.139. The van der Waals surface area contributed by atoms with Crippen molar-refractivity contribution in [1.29, 1.82) is 10.5 Å². The van der Waals surface area contributed by atoms with Gasteiger partial charge >= 0.3 is 5.97 Å². The molecule has 1 aliphatic rings. The Balaban J connectivity index is 2.01. The summed E-state index contributed by atoms with van der Waals surface area (Å²) in [6.07, 6.45) is 0. The van der Waals surface area contributed by atoms with E-state index in [0.717, 1.165) is 0 Å². The van der Waals surface area contributed by atoms with Crippen LogP contribution in [0.2, 0.25) is 10.0 Å². The summed E-state index contributed by atoms with van der Waals surface area (Å²) in [5.74, 6) is -1.22. The first-order valence-corrected chi connectivity index (χ1v) is 10.6. The predicted molar refractivity (Wildman–Crippen MR) is 122 cm³/mol. The zero-order valence-electron chi connectivity index (χ0n) is 17.8. The van der Waals surface area contributed by atoms with E-state index in [1.807, 2.05) is 6.07 Å².